The maximum Gasteiger partial charge on any atom is 0.228 e. The van der Waals surface area contributed by atoms with Crippen molar-refractivity contribution in [1.82, 2.24) is 10.2 Å². The summed E-state index contributed by atoms with van der Waals surface area (Å²) < 4.78 is 0. The Morgan fingerprint density at radius 2 is 2.09 bits per heavy atom. The average Bonchev–Trinajstić information content (AvgIpc) is 2.78. The summed E-state index contributed by atoms with van der Waals surface area (Å²) in [5, 5.41) is 3.31. The normalized spacial score (nSPS) is 22.3. The average molecular weight is 315 g/mol. The predicted molar refractivity (Wildman–Crippen MR) is 90.3 cm³/mol. The van der Waals surface area contributed by atoms with Crippen molar-refractivity contribution in [2.75, 3.05) is 37.6 Å². The van der Waals surface area contributed by atoms with Crippen molar-refractivity contribution in [3.8, 4) is 0 Å². The summed E-state index contributed by atoms with van der Waals surface area (Å²) in [6.07, 6.45) is 2.20. The molecule has 2 amide bonds. The molecule has 0 aromatic heterocycles. The summed E-state index contributed by atoms with van der Waals surface area (Å²) in [6, 6.07) is 7.99. The van der Waals surface area contributed by atoms with E-state index >= 15 is 0 Å². The molecule has 2 saturated heterocycles. The number of rotatable bonds is 3. The number of hydrogen-bond donors (Lipinski definition) is 1. The van der Waals surface area contributed by atoms with Crippen molar-refractivity contribution in [1.29, 1.82) is 0 Å². The Hall–Kier alpha value is -1.88. The maximum absolute atomic E-state index is 12.7. The molecule has 0 bridgehead atoms. The second kappa shape index (κ2) is 7.13. The van der Waals surface area contributed by atoms with Crippen molar-refractivity contribution in [3.63, 3.8) is 0 Å². The SMILES string of the molecule is CCc1ccccc1N1CC(C(=O)N2CCCNCC2)CC1=O. The van der Waals surface area contributed by atoms with Gasteiger partial charge in [0.25, 0.3) is 0 Å². The second-order valence-corrected chi connectivity index (χ2v) is 6.32. The summed E-state index contributed by atoms with van der Waals surface area (Å²) in [5.41, 5.74) is 2.13. The highest BCUT2D eigenvalue weighted by Crippen LogP contribution is 2.29. The van der Waals surface area contributed by atoms with Crippen molar-refractivity contribution in [3.05, 3.63) is 29.8 Å². The van der Waals surface area contributed by atoms with Gasteiger partial charge >= 0.3 is 0 Å². The Kier molecular flexibility index (Phi) is 4.96. The first-order chi connectivity index (χ1) is 11.2. The smallest absolute Gasteiger partial charge is 0.228 e. The molecule has 1 aromatic rings. The molecule has 3 rings (SSSR count). The standard InChI is InChI=1S/C18H25N3O2/c1-2-14-6-3-4-7-16(14)21-13-15(12-17(21)22)18(23)20-10-5-8-19-9-11-20/h3-4,6-7,15,19H,2,5,8-13H2,1H3. The molecule has 0 radical (unpaired) electrons. The molecule has 1 aromatic carbocycles. The largest absolute Gasteiger partial charge is 0.341 e. The Morgan fingerprint density at radius 1 is 1.26 bits per heavy atom. The number of nitrogens with one attached hydrogen (secondary N) is 1. The van der Waals surface area contributed by atoms with Gasteiger partial charge in [0.05, 0.1) is 5.92 Å². The van der Waals surface area contributed by atoms with Crippen LogP contribution in [0.25, 0.3) is 0 Å². The predicted octanol–water partition coefficient (Wildman–Crippen LogP) is 1.42. The van der Waals surface area contributed by atoms with Crippen LogP contribution in [0.4, 0.5) is 5.69 Å². The van der Waals surface area contributed by atoms with Gasteiger partial charge in [0.2, 0.25) is 11.8 Å². The van der Waals surface area contributed by atoms with Gasteiger partial charge in [-0.15, -0.1) is 0 Å². The van der Waals surface area contributed by atoms with Crippen LogP contribution in [0.3, 0.4) is 0 Å². The molecule has 1 atom stereocenters. The maximum atomic E-state index is 12.7. The fourth-order valence-corrected chi connectivity index (χ4v) is 3.50. The zero-order valence-corrected chi connectivity index (χ0v) is 13.8. The zero-order chi connectivity index (χ0) is 16.2. The van der Waals surface area contributed by atoms with Gasteiger partial charge < -0.3 is 15.1 Å². The summed E-state index contributed by atoms with van der Waals surface area (Å²) in [6.45, 7) is 5.94. The van der Waals surface area contributed by atoms with E-state index in [0.29, 0.717) is 13.0 Å². The van der Waals surface area contributed by atoms with E-state index in [2.05, 4.69) is 18.3 Å². The Balaban J connectivity index is 1.73. The third-order valence-corrected chi connectivity index (χ3v) is 4.79. The lowest BCUT2D eigenvalue weighted by molar-refractivity contribution is -0.135. The summed E-state index contributed by atoms with van der Waals surface area (Å²) >= 11 is 0. The number of benzene rings is 1. The number of nitrogens with zero attached hydrogens (tertiary/aromatic N) is 2. The van der Waals surface area contributed by atoms with Crippen LogP contribution in [0, 0.1) is 5.92 Å². The lowest BCUT2D eigenvalue weighted by Crippen LogP contribution is -2.39. The minimum atomic E-state index is -0.203. The molecule has 5 nitrogen and oxygen atoms in total. The molecule has 2 fully saturated rings. The van der Waals surface area contributed by atoms with E-state index in [1.165, 1.54) is 0 Å². The molecular weight excluding hydrogens is 290 g/mol. The van der Waals surface area contributed by atoms with Crippen LogP contribution in [0.15, 0.2) is 24.3 Å². The van der Waals surface area contributed by atoms with E-state index < -0.39 is 0 Å². The lowest BCUT2D eigenvalue weighted by Gasteiger charge is -2.24. The summed E-state index contributed by atoms with van der Waals surface area (Å²) in [7, 11) is 0. The van der Waals surface area contributed by atoms with Crippen molar-refractivity contribution in [2.45, 2.75) is 26.2 Å². The van der Waals surface area contributed by atoms with Gasteiger partial charge in [0.15, 0.2) is 0 Å². The van der Waals surface area contributed by atoms with E-state index in [1.54, 1.807) is 4.90 Å². The van der Waals surface area contributed by atoms with Gasteiger partial charge in [-0.3, -0.25) is 9.59 Å². The first-order valence-corrected chi connectivity index (χ1v) is 8.58. The Morgan fingerprint density at radius 3 is 2.91 bits per heavy atom. The number of para-hydroxylation sites is 1. The third kappa shape index (κ3) is 3.39. The molecule has 2 aliphatic heterocycles. The van der Waals surface area contributed by atoms with E-state index in [0.717, 1.165) is 50.3 Å². The number of carbonyl (C=O) groups is 2. The first-order valence-electron chi connectivity index (χ1n) is 8.58. The van der Waals surface area contributed by atoms with Gasteiger partial charge in [-0.2, -0.15) is 0 Å². The fraction of sp³-hybridized carbons (Fsp3) is 0.556. The highest BCUT2D eigenvalue weighted by atomic mass is 16.2. The fourth-order valence-electron chi connectivity index (χ4n) is 3.50. The highest BCUT2D eigenvalue weighted by Gasteiger charge is 2.37. The molecular formula is C18H25N3O2. The van der Waals surface area contributed by atoms with Gasteiger partial charge in [0.1, 0.15) is 0 Å². The quantitative estimate of drug-likeness (QED) is 0.918. The Bertz CT molecular complexity index is 579. The number of amides is 2. The summed E-state index contributed by atoms with van der Waals surface area (Å²) in [4.78, 5) is 28.9. The van der Waals surface area contributed by atoms with Crippen LogP contribution >= 0.6 is 0 Å². The molecule has 0 aliphatic carbocycles. The molecule has 2 heterocycles. The molecule has 124 valence electrons. The number of aryl methyl sites for hydroxylation is 1. The van der Waals surface area contributed by atoms with Crippen LogP contribution in [0.2, 0.25) is 0 Å². The Labute approximate surface area is 137 Å². The van der Waals surface area contributed by atoms with Crippen LogP contribution < -0.4 is 10.2 Å². The van der Waals surface area contributed by atoms with E-state index in [9.17, 15) is 9.59 Å². The first kappa shape index (κ1) is 16.0. The second-order valence-electron chi connectivity index (χ2n) is 6.32. The molecule has 23 heavy (non-hydrogen) atoms. The third-order valence-electron chi connectivity index (χ3n) is 4.79. The van der Waals surface area contributed by atoms with E-state index in [4.69, 9.17) is 0 Å². The van der Waals surface area contributed by atoms with Gasteiger partial charge in [-0.25, -0.2) is 0 Å². The molecule has 2 aliphatic rings. The van der Waals surface area contributed by atoms with Gasteiger partial charge in [-0.1, -0.05) is 25.1 Å². The van der Waals surface area contributed by atoms with Crippen LogP contribution in [0.1, 0.15) is 25.3 Å². The monoisotopic (exact) mass is 315 g/mol. The van der Waals surface area contributed by atoms with E-state index in [-0.39, 0.29) is 17.7 Å². The lowest BCUT2D eigenvalue weighted by atomic mass is 10.1. The number of anilines is 1. The molecule has 0 saturated carbocycles. The summed E-state index contributed by atoms with van der Waals surface area (Å²) in [5.74, 6) is 0.00115. The minimum absolute atomic E-state index is 0.0668. The molecule has 0 spiro atoms. The van der Waals surface area contributed by atoms with E-state index in [1.807, 2.05) is 23.1 Å². The molecule has 5 heteroatoms. The van der Waals surface area contributed by atoms with Crippen LogP contribution in [0.5, 0.6) is 0 Å². The molecule has 1 N–H and O–H groups in total. The van der Waals surface area contributed by atoms with Crippen molar-refractivity contribution < 1.29 is 9.59 Å². The van der Waals surface area contributed by atoms with Gasteiger partial charge in [0, 0.05) is 38.3 Å². The highest BCUT2D eigenvalue weighted by molar-refractivity contribution is 6.00. The van der Waals surface area contributed by atoms with Gasteiger partial charge in [-0.05, 0) is 31.0 Å². The zero-order valence-electron chi connectivity index (χ0n) is 13.8. The number of hydrogen-bond acceptors (Lipinski definition) is 3. The van der Waals surface area contributed by atoms with Crippen LogP contribution in [-0.2, 0) is 16.0 Å². The van der Waals surface area contributed by atoms with Crippen molar-refractivity contribution in [2.24, 2.45) is 5.92 Å². The van der Waals surface area contributed by atoms with Crippen molar-refractivity contribution >= 4 is 17.5 Å². The number of carbonyl (C=O) groups excluding carboxylic acids is 2. The topological polar surface area (TPSA) is 52.7 Å². The van der Waals surface area contributed by atoms with Crippen LogP contribution in [-0.4, -0.2) is 49.4 Å². The molecule has 1 unspecified atom stereocenters. The minimum Gasteiger partial charge on any atom is -0.341 e.